The lowest BCUT2D eigenvalue weighted by Gasteiger charge is -2.16. The fourth-order valence-electron chi connectivity index (χ4n) is 0.459. The van der Waals surface area contributed by atoms with Gasteiger partial charge < -0.3 is 9.47 Å². The normalized spacial score (nSPS) is 28.9. The predicted octanol–water partition coefficient (Wildman–Crippen LogP) is 1.22. The van der Waals surface area contributed by atoms with Gasteiger partial charge in [-0.1, -0.05) is 0 Å². The summed E-state index contributed by atoms with van der Waals surface area (Å²) in [5.74, 6) is 0. The lowest BCUT2D eigenvalue weighted by molar-refractivity contribution is -0.0426. The van der Waals surface area contributed by atoms with Gasteiger partial charge in [0.25, 0.3) is 0 Å². The standard InChI is InChI=1S/C4H7IO2.ClH/c5-4-3-6-1-2-7-4;/h4H,1-3H2;1H. The summed E-state index contributed by atoms with van der Waals surface area (Å²) in [7, 11) is 0. The van der Waals surface area contributed by atoms with E-state index in [4.69, 9.17) is 9.47 Å². The first kappa shape index (κ1) is 8.94. The molecule has 50 valence electrons. The van der Waals surface area contributed by atoms with Gasteiger partial charge in [0.05, 0.1) is 19.8 Å². The SMILES string of the molecule is Cl.IC1COCCO1. The van der Waals surface area contributed by atoms with Crippen LogP contribution in [0.4, 0.5) is 0 Å². The van der Waals surface area contributed by atoms with Gasteiger partial charge in [-0.2, -0.15) is 0 Å². The van der Waals surface area contributed by atoms with Crippen LogP contribution < -0.4 is 0 Å². The van der Waals surface area contributed by atoms with E-state index in [1.54, 1.807) is 0 Å². The van der Waals surface area contributed by atoms with Crippen LogP contribution >= 0.6 is 35.0 Å². The van der Waals surface area contributed by atoms with Gasteiger partial charge in [-0.15, -0.1) is 12.4 Å². The lowest BCUT2D eigenvalue weighted by atomic mass is 10.6. The first-order chi connectivity index (χ1) is 3.39. The summed E-state index contributed by atoms with van der Waals surface area (Å²) >= 11 is 2.21. The first-order valence-electron chi connectivity index (χ1n) is 2.23. The molecule has 0 aromatic carbocycles. The van der Waals surface area contributed by atoms with Crippen molar-refractivity contribution in [2.24, 2.45) is 0 Å². The molecular weight excluding hydrogens is 242 g/mol. The third kappa shape index (κ3) is 3.06. The highest BCUT2D eigenvalue weighted by atomic mass is 127. The van der Waals surface area contributed by atoms with Crippen molar-refractivity contribution >= 4 is 35.0 Å². The Balaban J connectivity index is 0.000000490. The number of alkyl halides is 1. The topological polar surface area (TPSA) is 18.5 Å². The molecule has 1 rings (SSSR count). The lowest BCUT2D eigenvalue weighted by Crippen LogP contribution is -2.22. The number of ether oxygens (including phenoxy) is 2. The Morgan fingerprint density at radius 3 is 2.38 bits per heavy atom. The van der Waals surface area contributed by atoms with Gasteiger partial charge in [0.2, 0.25) is 0 Å². The van der Waals surface area contributed by atoms with Crippen molar-refractivity contribution in [1.29, 1.82) is 0 Å². The Kier molecular flexibility index (Phi) is 5.35. The second-order valence-electron chi connectivity index (χ2n) is 1.36. The second kappa shape index (κ2) is 4.78. The number of hydrogen-bond acceptors (Lipinski definition) is 2. The van der Waals surface area contributed by atoms with Gasteiger partial charge >= 0.3 is 0 Å². The van der Waals surface area contributed by atoms with Crippen molar-refractivity contribution in [3.8, 4) is 0 Å². The van der Waals surface area contributed by atoms with E-state index in [-0.39, 0.29) is 16.5 Å². The van der Waals surface area contributed by atoms with Gasteiger partial charge in [-0.3, -0.25) is 0 Å². The average molecular weight is 250 g/mol. The van der Waals surface area contributed by atoms with Crippen LogP contribution in [0.1, 0.15) is 0 Å². The van der Waals surface area contributed by atoms with Crippen molar-refractivity contribution in [3.05, 3.63) is 0 Å². The van der Waals surface area contributed by atoms with Crippen molar-refractivity contribution in [1.82, 2.24) is 0 Å². The maximum Gasteiger partial charge on any atom is 0.132 e. The summed E-state index contributed by atoms with van der Waals surface area (Å²) in [6.45, 7) is 2.27. The summed E-state index contributed by atoms with van der Waals surface area (Å²) in [6.07, 6.45) is 0. The molecule has 1 unspecified atom stereocenters. The summed E-state index contributed by atoms with van der Waals surface area (Å²) in [5, 5.41) is 0. The molecule has 0 N–H and O–H groups in total. The smallest absolute Gasteiger partial charge is 0.132 e. The van der Waals surface area contributed by atoms with E-state index in [2.05, 4.69) is 22.6 Å². The zero-order valence-corrected chi connectivity index (χ0v) is 7.28. The molecule has 0 amide bonds. The Hall–Kier alpha value is 0.940. The summed E-state index contributed by atoms with van der Waals surface area (Å²) in [4.78, 5) is 0. The summed E-state index contributed by atoms with van der Waals surface area (Å²) in [5.41, 5.74) is 0. The quantitative estimate of drug-likeness (QED) is 0.475. The Bertz CT molecular complexity index is 56.0. The molecule has 0 bridgehead atoms. The second-order valence-corrected chi connectivity index (χ2v) is 2.75. The maximum atomic E-state index is 5.14. The summed E-state index contributed by atoms with van der Waals surface area (Å²) in [6, 6.07) is 0. The van der Waals surface area contributed by atoms with Crippen LogP contribution in [-0.2, 0) is 9.47 Å². The van der Waals surface area contributed by atoms with Crippen molar-refractivity contribution in [3.63, 3.8) is 0 Å². The zero-order chi connectivity index (χ0) is 5.11. The van der Waals surface area contributed by atoms with Gasteiger partial charge in [-0.25, -0.2) is 0 Å². The molecule has 1 atom stereocenters. The fraction of sp³-hybridized carbons (Fsp3) is 1.00. The van der Waals surface area contributed by atoms with Crippen LogP contribution in [0.15, 0.2) is 0 Å². The minimum absolute atomic E-state index is 0. The molecule has 0 aliphatic carbocycles. The van der Waals surface area contributed by atoms with Gasteiger partial charge in [0.1, 0.15) is 4.11 Å². The third-order valence-corrected chi connectivity index (χ3v) is 1.49. The molecule has 1 saturated heterocycles. The largest absolute Gasteiger partial charge is 0.376 e. The highest BCUT2D eigenvalue weighted by Crippen LogP contribution is 2.06. The number of rotatable bonds is 0. The van der Waals surface area contributed by atoms with Crippen LogP contribution in [0.25, 0.3) is 0 Å². The Morgan fingerprint density at radius 2 is 2.12 bits per heavy atom. The van der Waals surface area contributed by atoms with Gasteiger partial charge in [0, 0.05) is 0 Å². The molecule has 0 aromatic heterocycles. The molecule has 0 radical (unpaired) electrons. The minimum atomic E-state index is 0. The van der Waals surface area contributed by atoms with Gasteiger partial charge in [0.15, 0.2) is 0 Å². The van der Waals surface area contributed by atoms with Crippen LogP contribution in [0.5, 0.6) is 0 Å². The Labute approximate surface area is 68.5 Å². The van der Waals surface area contributed by atoms with E-state index in [0.29, 0.717) is 0 Å². The molecule has 8 heavy (non-hydrogen) atoms. The first-order valence-corrected chi connectivity index (χ1v) is 3.47. The van der Waals surface area contributed by atoms with E-state index >= 15 is 0 Å². The molecule has 0 saturated carbocycles. The van der Waals surface area contributed by atoms with E-state index < -0.39 is 0 Å². The zero-order valence-electron chi connectivity index (χ0n) is 4.30. The minimum Gasteiger partial charge on any atom is -0.376 e. The van der Waals surface area contributed by atoms with Crippen LogP contribution in [0, 0.1) is 0 Å². The molecule has 1 aliphatic rings. The third-order valence-electron chi connectivity index (χ3n) is 0.775. The van der Waals surface area contributed by atoms with Crippen LogP contribution in [0.3, 0.4) is 0 Å². The average Bonchev–Trinajstić information content (AvgIpc) is 1.69. The molecule has 0 aromatic rings. The van der Waals surface area contributed by atoms with Crippen molar-refractivity contribution in [2.45, 2.75) is 4.11 Å². The van der Waals surface area contributed by atoms with Gasteiger partial charge in [-0.05, 0) is 22.6 Å². The monoisotopic (exact) mass is 250 g/mol. The fourth-order valence-corrected chi connectivity index (χ4v) is 0.968. The predicted molar refractivity (Wildman–Crippen MR) is 41.8 cm³/mol. The Morgan fingerprint density at radius 1 is 1.38 bits per heavy atom. The van der Waals surface area contributed by atoms with E-state index in [1.165, 1.54) is 0 Å². The van der Waals surface area contributed by atoms with Crippen LogP contribution in [-0.4, -0.2) is 23.9 Å². The molecule has 2 nitrogen and oxygen atoms in total. The molecule has 1 aliphatic heterocycles. The molecule has 1 heterocycles. The molecule has 4 heteroatoms. The van der Waals surface area contributed by atoms with E-state index in [1.807, 2.05) is 0 Å². The van der Waals surface area contributed by atoms with Crippen molar-refractivity contribution < 1.29 is 9.47 Å². The highest BCUT2D eigenvalue weighted by molar-refractivity contribution is 14.1. The molecule has 0 spiro atoms. The van der Waals surface area contributed by atoms with Crippen molar-refractivity contribution in [2.75, 3.05) is 19.8 Å². The van der Waals surface area contributed by atoms with E-state index in [9.17, 15) is 0 Å². The summed E-state index contributed by atoms with van der Waals surface area (Å²) < 4.78 is 10.5. The van der Waals surface area contributed by atoms with Crippen LogP contribution in [0.2, 0.25) is 0 Å². The maximum absolute atomic E-state index is 5.14. The van der Waals surface area contributed by atoms with E-state index in [0.717, 1.165) is 19.8 Å². The molecular formula is C4H8ClIO2. The highest BCUT2D eigenvalue weighted by Gasteiger charge is 2.07. The number of halogens is 2. The number of hydrogen-bond donors (Lipinski definition) is 0. The molecule has 1 fully saturated rings.